The van der Waals surface area contributed by atoms with Crippen molar-refractivity contribution in [3.8, 4) is 0 Å². The Morgan fingerprint density at radius 1 is 1.09 bits per heavy atom. The Balaban J connectivity index is 1.42. The average molecular weight is 312 g/mol. The highest BCUT2D eigenvalue weighted by molar-refractivity contribution is 5.84. The Morgan fingerprint density at radius 3 is 2.61 bits per heavy atom. The molecule has 4 rings (SSSR count). The fourth-order valence-electron chi connectivity index (χ4n) is 4.50. The number of amides is 2. The molecule has 0 spiro atoms. The number of carbonyl (C=O) groups is 2. The lowest BCUT2D eigenvalue weighted by Crippen LogP contribution is -2.48. The van der Waals surface area contributed by atoms with Crippen LogP contribution in [0.4, 0.5) is 0 Å². The second-order valence-corrected chi connectivity index (χ2v) is 7.32. The molecule has 0 unspecified atom stereocenters. The number of likely N-dealkylation sites (tertiary alicyclic amines) is 2. The summed E-state index contributed by atoms with van der Waals surface area (Å²) in [7, 11) is 0. The molecule has 2 saturated heterocycles. The number of carbonyl (C=O) groups excluding carboxylic acids is 2. The van der Waals surface area contributed by atoms with Crippen LogP contribution in [-0.4, -0.2) is 40.7 Å². The molecule has 1 saturated carbocycles. The molecule has 0 N–H and O–H groups in total. The van der Waals surface area contributed by atoms with Gasteiger partial charge in [-0.05, 0) is 37.2 Å². The van der Waals surface area contributed by atoms with E-state index >= 15 is 0 Å². The van der Waals surface area contributed by atoms with Gasteiger partial charge in [-0.3, -0.25) is 9.59 Å². The number of fused-ring (bicyclic) bond motifs is 2. The maximum Gasteiger partial charge on any atom is 0.227 e. The fourth-order valence-corrected chi connectivity index (χ4v) is 4.50. The maximum atomic E-state index is 12.9. The molecule has 1 aromatic rings. The van der Waals surface area contributed by atoms with E-state index in [0.717, 1.165) is 24.4 Å². The van der Waals surface area contributed by atoms with E-state index in [9.17, 15) is 9.59 Å². The Labute approximate surface area is 137 Å². The van der Waals surface area contributed by atoms with E-state index in [1.54, 1.807) is 0 Å². The van der Waals surface area contributed by atoms with Gasteiger partial charge in [0.25, 0.3) is 0 Å². The topological polar surface area (TPSA) is 40.6 Å². The second kappa shape index (κ2) is 5.99. The molecule has 23 heavy (non-hydrogen) atoms. The number of hydrogen-bond donors (Lipinski definition) is 0. The zero-order valence-electron chi connectivity index (χ0n) is 13.5. The van der Waals surface area contributed by atoms with Gasteiger partial charge in [-0.1, -0.05) is 30.3 Å². The minimum atomic E-state index is -0.00392. The third kappa shape index (κ3) is 2.87. The SMILES string of the molecule is O=C1CC[C@@H](C(=O)N2C[C@H]3CC[C@H]2C3)CN1Cc1ccccc1. The zero-order chi connectivity index (χ0) is 15.8. The molecule has 2 aliphatic heterocycles. The maximum absolute atomic E-state index is 12.9. The van der Waals surface area contributed by atoms with Crippen LogP contribution in [0.3, 0.4) is 0 Å². The van der Waals surface area contributed by atoms with Crippen LogP contribution in [0.25, 0.3) is 0 Å². The molecule has 0 aromatic heterocycles. The van der Waals surface area contributed by atoms with E-state index < -0.39 is 0 Å². The van der Waals surface area contributed by atoms with E-state index in [2.05, 4.69) is 4.90 Å². The quantitative estimate of drug-likeness (QED) is 0.860. The molecule has 2 amide bonds. The number of nitrogens with zero attached hydrogens (tertiary/aromatic N) is 2. The predicted octanol–water partition coefficient (Wildman–Crippen LogP) is 2.44. The molecule has 2 bridgehead atoms. The van der Waals surface area contributed by atoms with E-state index in [1.165, 1.54) is 19.3 Å². The van der Waals surface area contributed by atoms with Gasteiger partial charge in [0.05, 0.1) is 5.92 Å². The van der Waals surface area contributed by atoms with Crippen molar-refractivity contribution in [2.75, 3.05) is 13.1 Å². The molecule has 1 aliphatic carbocycles. The molecular weight excluding hydrogens is 288 g/mol. The first kappa shape index (κ1) is 14.7. The van der Waals surface area contributed by atoms with Gasteiger partial charge in [0.1, 0.15) is 0 Å². The average Bonchev–Trinajstić information content (AvgIpc) is 3.20. The highest BCUT2D eigenvalue weighted by Crippen LogP contribution is 2.38. The molecule has 122 valence electrons. The van der Waals surface area contributed by atoms with Crippen LogP contribution in [0.2, 0.25) is 0 Å². The van der Waals surface area contributed by atoms with Gasteiger partial charge < -0.3 is 9.80 Å². The van der Waals surface area contributed by atoms with E-state index in [-0.39, 0.29) is 11.8 Å². The molecule has 4 nitrogen and oxygen atoms in total. The van der Waals surface area contributed by atoms with Crippen molar-refractivity contribution in [3.63, 3.8) is 0 Å². The molecule has 3 fully saturated rings. The molecule has 1 aromatic carbocycles. The highest BCUT2D eigenvalue weighted by Gasteiger charge is 2.43. The third-order valence-electron chi connectivity index (χ3n) is 5.76. The summed E-state index contributed by atoms with van der Waals surface area (Å²) in [6.45, 7) is 2.16. The number of hydrogen-bond acceptors (Lipinski definition) is 2. The largest absolute Gasteiger partial charge is 0.339 e. The fraction of sp³-hybridized carbons (Fsp3) is 0.579. The minimum absolute atomic E-state index is 0.00392. The molecule has 3 aliphatic rings. The lowest BCUT2D eigenvalue weighted by Gasteiger charge is -2.36. The van der Waals surface area contributed by atoms with Crippen molar-refractivity contribution in [3.05, 3.63) is 35.9 Å². The van der Waals surface area contributed by atoms with Gasteiger partial charge in [-0.25, -0.2) is 0 Å². The Bertz CT molecular complexity index is 601. The third-order valence-corrected chi connectivity index (χ3v) is 5.76. The first-order valence-electron chi connectivity index (χ1n) is 8.83. The smallest absolute Gasteiger partial charge is 0.227 e. The van der Waals surface area contributed by atoms with Crippen LogP contribution in [0, 0.1) is 11.8 Å². The normalized spacial score (nSPS) is 30.1. The van der Waals surface area contributed by atoms with Crippen LogP contribution in [0.15, 0.2) is 30.3 Å². The summed E-state index contributed by atoms with van der Waals surface area (Å²) in [4.78, 5) is 29.1. The molecule has 4 heteroatoms. The van der Waals surface area contributed by atoms with Crippen LogP contribution in [-0.2, 0) is 16.1 Å². The highest BCUT2D eigenvalue weighted by atomic mass is 16.2. The van der Waals surface area contributed by atoms with Crippen LogP contribution in [0.5, 0.6) is 0 Å². The summed E-state index contributed by atoms with van der Waals surface area (Å²) >= 11 is 0. The van der Waals surface area contributed by atoms with Crippen molar-refractivity contribution in [2.45, 2.75) is 44.7 Å². The van der Waals surface area contributed by atoms with Gasteiger partial charge >= 0.3 is 0 Å². The van der Waals surface area contributed by atoms with E-state index in [4.69, 9.17) is 0 Å². The van der Waals surface area contributed by atoms with E-state index in [0.29, 0.717) is 31.5 Å². The minimum Gasteiger partial charge on any atom is -0.339 e. The lowest BCUT2D eigenvalue weighted by atomic mass is 9.94. The lowest BCUT2D eigenvalue weighted by molar-refractivity contribution is -0.144. The van der Waals surface area contributed by atoms with Crippen LogP contribution < -0.4 is 0 Å². The first-order valence-corrected chi connectivity index (χ1v) is 8.83. The van der Waals surface area contributed by atoms with Crippen LogP contribution >= 0.6 is 0 Å². The summed E-state index contributed by atoms with van der Waals surface area (Å²) in [5, 5.41) is 0. The van der Waals surface area contributed by atoms with E-state index in [1.807, 2.05) is 35.2 Å². The van der Waals surface area contributed by atoms with Gasteiger partial charge in [-0.2, -0.15) is 0 Å². The molecular formula is C19H24N2O2. The zero-order valence-corrected chi connectivity index (χ0v) is 13.5. The van der Waals surface area contributed by atoms with Crippen LogP contribution in [0.1, 0.15) is 37.7 Å². The Hall–Kier alpha value is -1.84. The summed E-state index contributed by atoms with van der Waals surface area (Å²) in [6.07, 6.45) is 4.89. The standard InChI is InChI=1S/C19H24N2O2/c22-18-9-7-16(13-20(18)11-14-4-2-1-3-5-14)19(23)21-12-15-6-8-17(21)10-15/h1-5,15-17H,6-13H2/t15-,16+,17-/m0/s1. The summed E-state index contributed by atoms with van der Waals surface area (Å²) in [5.41, 5.74) is 1.13. The van der Waals surface area contributed by atoms with Gasteiger partial charge in [0.2, 0.25) is 11.8 Å². The van der Waals surface area contributed by atoms with Crippen molar-refractivity contribution in [1.29, 1.82) is 0 Å². The number of benzene rings is 1. The van der Waals surface area contributed by atoms with Crippen molar-refractivity contribution in [2.24, 2.45) is 11.8 Å². The number of rotatable bonds is 3. The number of piperidine rings is 2. The Kier molecular flexibility index (Phi) is 3.83. The molecule has 3 atom stereocenters. The monoisotopic (exact) mass is 312 g/mol. The summed E-state index contributed by atoms with van der Waals surface area (Å²) in [5.74, 6) is 1.20. The van der Waals surface area contributed by atoms with Gasteiger partial charge in [0.15, 0.2) is 0 Å². The second-order valence-electron chi connectivity index (χ2n) is 7.32. The summed E-state index contributed by atoms with van der Waals surface area (Å²) in [6, 6.07) is 10.5. The van der Waals surface area contributed by atoms with Crippen molar-refractivity contribution in [1.82, 2.24) is 9.80 Å². The molecule has 0 radical (unpaired) electrons. The Morgan fingerprint density at radius 2 is 1.91 bits per heavy atom. The first-order chi connectivity index (χ1) is 11.2. The summed E-state index contributed by atoms with van der Waals surface area (Å²) < 4.78 is 0. The van der Waals surface area contributed by atoms with Gasteiger partial charge in [0, 0.05) is 32.1 Å². The predicted molar refractivity (Wildman–Crippen MR) is 87.4 cm³/mol. The van der Waals surface area contributed by atoms with Crippen molar-refractivity contribution < 1.29 is 9.59 Å². The van der Waals surface area contributed by atoms with Gasteiger partial charge in [-0.15, -0.1) is 0 Å². The van der Waals surface area contributed by atoms with Crippen molar-refractivity contribution >= 4 is 11.8 Å². The molecule has 2 heterocycles.